The number of nitrogens with zero attached hydrogens (tertiary/aromatic N) is 1. The minimum absolute atomic E-state index is 0.0474. The van der Waals surface area contributed by atoms with Crippen LogP contribution in [0.3, 0.4) is 0 Å². The van der Waals surface area contributed by atoms with Gasteiger partial charge in [0.15, 0.2) is 0 Å². The summed E-state index contributed by atoms with van der Waals surface area (Å²) in [5, 5.41) is 9.34. The van der Waals surface area contributed by atoms with Crippen LogP contribution in [0.15, 0.2) is 29.2 Å². The van der Waals surface area contributed by atoms with Crippen molar-refractivity contribution in [2.45, 2.75) is 37.6 Å². The zero-order chi connectivity index (χ0) is 13.3. The van der Waals surface area contributed by atoms with Crippen LogP contribution in [-0.2, 0) is 10.0 Å². The topological polar surface area (TPSA) is 57.6 Å². The van der Waals surface area contributed by atoms with E-state index in [-0.39, 0.29) is 10.6 Å². The molecule has 1 aromatic carbocycles. The first kappa shape index (κ1) is 14.0. The maximum atomic E-state index is 12.3. The van der Waals surface area contributed by atoms with Gasteiger partial charge < -0.3 is 5.11 Å². The summed E-state index contributed by atoms with van der Waals surface area (Å²) in [6.45, 7) is 5.68. The van der Waals surface area contributed by atoms with Crippen molar-refractivity contribution in [3.05, 3.63) is 24.3 Å². The highest BCUT2D eigenvalue weighted by Gasteiger charge is 2.32. The van der Waals surface area contributed by atoms with E-state index in [1.54, 1.807) is 7.05 Å². The third kappa shape index (κ3) is 2.79. The molecule has 0 heterocycles. The van der Waals surface area contributed by atoms with Gasteiger partial charge >= 0.3 is 0 Å². The molecule has 5 heteroatoms. The number of benzene rings is 1. The molecule has 0 unspecified atom stereocenters. The highest BCUT2D eigenvalue weighted by Crippen LogP contribution is 2.26. The zero-order valence-electron chi connectivity index (χ0n) is 10.6. The first-order valence-corrected chi connectivity index (χ1v) is 6.94. The fourth-order valence-corrected chi connectivity index (χ4v) is 2.97. The van der Waals surface area contributed by atoms with E-state index in [9.17, 15) is 13.5 Å². The monoisotopic (exact) mass is 257 g/mol. The minimum atomic E-state index is -3.56. The predicted molar refractivity (Wildman–Crippen MR) is 67.4 cm³/mol. The maximum absolute atomic E-state index is 12.3. The lowest BCUT2D eigenvalue weighted by Gasteiger charge is -2.33. The second-order valence-corrected chi connectivity index (χ2v) is 6.61. The van der Waals surface area contributed by atoms with Crippen molar-refractivity contribution in [2.24, 2.45) is 0 Å². The van der Waals surface area contributed by atoms with E-state index < -0.39 is 15.6 Å². The van der Waals surface area contributed by atoms with Gasteiger partial charge in [0.25, 0.3) is 0 Å². The fraction of sp³-hybridized carbons (Fsp3) is 0.500. The van der Waals surface area contributed by atoms with Gasteiger partial charge in [-0.25, -0.2) is 8.42 Å². The van der Waals surface area contributed by atoms with Crippen molar-refractivity contribution < 1.29 is 13.5 Å². The summed E-state index contributed by atoms with van der Waals surface area (Å²) in [6.07, 6.45) is 0.710. The molecule has 1 N–H and O–H groups in total. The molecule has 17 heavy (non-hydrogen) atoms. The number of sulfonamides is 1. The molecule has 0 amide bonds. The molecule has 0 saturated heterocycles. The fourth-order valence-electron chi connectivity index (χ4n) is 1.35. The number of phenols is 1. The molecule has 96 valence electrons. The van der Waals surface area contributed by atoms with E-state index in [1.807, 2.05) is 20.8 Å². The quantitative estimate of drug-likeness (QED) is 0.899. The molecule has 4 nitrogen and oxygen atoms in total. The van der Waals surface area contributed by atoms with Gasteiger partial charge in [-0.15, -0.1) is 0 Å². The molecule has 0 spiro atoms. The van der Waals surface area contributed by atoms with Gasteiger partial charge in [-0.2, -0.15) is 4.31 Å². The normalized spacial score (nSPS) is 13.0. The van der Waals surface area contributed by atoms with Crippen LogP contribution in [0.4, 0.5) is 0 Å². The van der Waals surface area contributed by atoms with Crippen molar-refractivity contribution in [1.82, 2.24) is 4.31 Å². The Kier molecular flexibility index (Phi) is 3.84. The summed E-state index contributed by atoms with van der Waals surface area (Å²) in [5.41, 5.74) is -0.454. The van der Waals surface area contributed by atoms with Gasteiger partial charge in [-0.3, -0.25) is 0 Å². The summed E-state index contributed by atoms with van der Waals surface area (Å²) in [4.78, 5) is 0.113. The van der Waals surface area contributed by atoms with E-state index in [0.29, 0.717) is 6.42 Å². The first-order valence-electron chi connectivity index (χ1n) is 5.50. The number of hydrogen-bond acceptors (Lipinski definition) is 3. The van der Waals surface area contributed by atoms with Gasteiger partial charge in [0.05, 0.1) is 4.90 Å². The molecule has 1 rings (SSSR count). The van der Waals surface area contributed by atoms with Gasteiger partial charge in [0.1, 0.15) is 5.75 Å². The van der Waals surface area contributed by atoms with E-state index in [2.05, 4.69) is 0 Å². The lowest BCUT2D eigenvalue weighted by atomic mass is 10.0. The Morgan fingerprint density at radius 1 is 1.35 bits per heavy atom. The van der Waals surface area contributed by atoms with Gasteiger partial charge in [0, 0.05) is 12.6 Å². The third-order valence-corrected chi connectivity index (χ3v) is 5.26. The van der Waals surface area contributed by atoms with Crippen molar-refractivity contribution in [1.29, 1.82) is 0 Å². The van der Waals surface area contributed by atoms with E-state index in [1.165, 1.54) is 28.6 Å². The van der Waals surface area contributed by atoms with Crippen LogP contribution < -0.4 is 0 Å². The minimum Gasteiger partial charge on any atom is -0.508 e. The van der Waals surface area contributed by atoms with Crippen LogP contribution in [0.25, 0.3) is 0 Å². The van der Waals surface area contributed by atoms with E-state index in [0.717, 1.165) is 0 Å². The Hall–Kier alpha value is -1.07. The van der Waals surface area contributed by atoms with Crippen LogP contribution in [0.5, 0.6) is 5.75 Å². The van der Waals surface area contributed by atoms with Crippen molar-refractivity contribution in [3.8, 4) is 5.75 Å². The first-order chi connectivity index (χ1) is 7.71. The predicted octanol–water partition coefficient (Wildman–Crippen LogP) is 2.20. The smallest absolute Gasteiger partial charge is 0.243 e. The van der Waals surface area contributed by atoms with Crippen LogP contribution in [0, 0.1) is 0 Å². The Labute approximate surface area is 103 Å². The lowest BCUT2D eigenvalue weighted by molar-refractivity contribution is 0.257. The SMILES string of the molecule is CCC(C)(C)N(C)S(=O)(=O)c1cccc(O)c1. The van der Waals surface area contributed by atoms with Crippen LogP contribution in [0.2, 0.25) is 0 Å². The molecule has 1 aromatic rings. The van der Waals surface area contributed by atoms with Gasteiger partial charge in [0.2, 0.25) is 10.0 Å². The third-order valence-electron chi connectivity index (χ3n) is 3.19. The second kappa shape index (κ2) is 4.66. The van der Waals surface area contributed by atoms with E-state index in [4.69, 9.17) is 0 Å². The Morgan fingerprint density at radius 2 is 1.94 bits per heavy atom. The largest absolute Gasteiger partial charge is 0.508 e. The average Bonchev–Trinajstić information content (AvgIpc) is 2.28. The molecule has 0 aromatic heterocycles. The van der Waals surface area contributed by atoms with Crippen molar-refractivity contribution in [2.75, 3.05) is 7.05 Å². The standard InChI is InChI=1S/C12H19NO3S/c1-5-12(2,3)13(4)17(15,16)11-8-6-7-10(14)9-11/h6-9,14H,5H2,1-4H3. The van der Waals surface area contributed by atoms with Crippen molar-refractivity contribution in [3.63, 3.8) is 0 Å². The average molecular weight is 257 g/mol. The highest BCUT2D eigenvalue weighted by atomic mass is 32.2. The molecule has 0 aliphatic heterocycles. The van der Waals surface area contributed by atoms with Crippen LogP contribution in [0.1, 0.15) is 27.2 Å². The summed E-state index contributed by atoms with van der Waals surface area (Å²) < 4.78 is 26.0. The zero-order valence-corrected chi connectivity index (χ0v) is 11.5. The number of rotatable bonds is 4. The molecule has 0 atom stereocenters. The number of hydrogen-bond donors (Lipinski definition) is 1. The lowest BCUT2D eigenvalue weighted by Crippen LogP contribution is -2.44. The van der Waals surface area contributed by atoms with Crippen LogP contribution in [-0.4, -0.2) is 30.4 Å². The molecule has 0 fully saturated rings. The van der Waals surface area contributed by atoms with Gasteiger partial charge in [-0.05, 0) is 38.5 Å². The molecule has 0 aliphatic carbocycles. The maximum Gasteiger partial charge on any atom is 0.243 e. The van der Waals surface area contributed by atoms with Crippen LogP contribution >= 0.6 is 0 Å². The Morgan fingerprint density at radius 3 is 2.41 bits per heavy atom. The molecule has 0 radical (unpaired) electrons. The van der Waals surface area contributed by atoms with E-state index >= 15 is 0 Å². The summed E-state index contributed by atoms with van der Waals surface area (Å²) >= 11 is 0. The summed E-state index contributed by atoms with van der Waals surface area (Å²) in [7, 11) is -2.00. The number of phenolic OH excluding ortho intramolecular Hbond substituents is 1. The van der Waals surface area contributed by atoms with Crippen molar-refractivity contribution >= 4 is 10.0 Å². The molecule has 0 bridgehead atoms. The Balaban J connectivity index is 3.21. The number of aromatic hydroxyl groups is 1. The molecular formula is C12H19NO3S. The molecule has 0 aliphatic rings. The molecular weight excluding hydrogens is 238 g/mol. The van der Waals surface area contributed by atoms with Gasteiger partial charge in [-0.1, -0.05) is 13.0 Å². The second-order valence-electron chi connectivity index (χ2n) is 4.64. The summed E-state index contributed by atoms with van der Waals surface area (Å²) in [5.74, 6) is -0.0474. The Bertz CT molecular complexity index is 494. The summed E-state index contributed by atoms with van der Waals surface area (Å²) in [6, 6.07) is 5.72. The molecule has 0 saturated carbocycles. The highest BCUT2D eigenvalue weighted by molar-refractivity contribution is 7.89.